The smallest absolute Gasteiger partial charge is 0.227 e. The van der Waals surface area contributed by atoms with Gasteiger partial charge in [0.15, 0.2) is 5.84 Å². The molecule has 4 heterocycles. The van der Waals surface area contributed by atoms with Crippen molar-refractivity contribution in [2.24, 2.45) is 5.10 Å². The van der Waals surface area contributed by atoms with E-state index in [0.29, 0.717) is 5.92 Å². The van der Waals surface area contributed by atoms with Gasteiger partial charge in [-0.05, 0) is 68.6 Å². The van der Waals surface area contributed by atoms with Gasteiger partial charge < -0.3 is 15.0 Å². The Morgan fingerprint density at radius 1 is 1.11 bits per heavy atom. The number of piperidine rings is 1. The second kappa shape index (κ2) is 7.45. The zero-order chi connectivity index (χ0) is 18.9. The molecular formula is C22H27N5O. The fourth-order valence-electron chi connectivity index (χ4n) is 4.57. The molecule has 6 heteroatoms. The third kappa shape index (κ3) is 3.23. The number of nitrogens with zero attached hydrogens (tertiary/aromatic N) is 4. The van der Waals surface area contributed by atoms with E-state index in [1.54, 1.807) is 9.91 Å². The molecule has 5 rings (SSSR count). The number of hydrogen-bond donors (Lipinski definition) is 2. The molecule has 2 aromatic rings. The van der Waals surface area contributed by atoms with Crippen LogP contribution in [0.3, 0.4) is 0 Å². The first-order chi connectivity index (χ1) is 13.8. The van der Waals surface area contributed by atoms with Gasteiger partial charge in [0.25, 0.3) is 0 Å². The number of aromatic nitrogens is 1. The summed E-state index contributed by atoms with van der Waals surface area (Å²) in [7, 11) is 0. The average molecular weight is 377 g/mol. The van der Waals surface area contributed by atoms with Gasteiger partial charge in [-0.15, -0.1) is 0 Å². The summed E-state index contributed by atoms with van der Waals surface area (Å²) in [5.41, 5.74) is 2.72. The molecule has 1 unspecified atom stereocenters. The van der Waals surface area contributed by atoms with Crippen LogP contribution in [0, 0.1) is 0 Å². The first-order valence-electron chi connectivity index (χ1n) is 10.2. The zero-order valence-corrected chi connectivity index (χ0v) is 16.0. The molecule has 2 N–H and O–H groups in total. The van der Waals surface area contributed by atoms with Crippen LogP contribution in [-0.2, 0) is 0 Å². The summed E-state index contributed by atoms with van der Waals surface area (Å²) in [5, 5.41) is 18.1. The number of likely N-dealkylation sites (tertiary alicyclic amines) is 1. The highest BCUT2D eigenvalue weighted by molar-refractivity contribution is 5.95. The van der Waals surface area contributed by atoms with E-state index in [0.717, 1.165) is 38.4 Å². The summed E-state index contributed by atoms with van der Waals surface area (Å²) in [5.74, 6) is 1.46. The van der Waals surface area contributed by atoms with Crippen LogP contribution in [0.4, 0.5) is 0 Å². The Bertz CT molecular complexity index is 922. The van der Waals surface area contributed by atoms with Crippen molar-refractivity contribution in [3.63, 3.8) is 0 Å². The minimum atomic E-state index is -0.677. The maximum Gasteiger partial charge on any atom is 0.227 e. The van der Waals surface area contributed by atoms with E-state index in [2.05, 4.69) is 45.4 Å². The van der Waals surface area contributed by atoms with Crippen LogP contribution in [0.25, 0.3) is 10.9 Å². The first kappa shape index (κ1) is 17.5. The molecule has 1 saturated heterocycles. The molecule has 0 saturated carbocycles. The van der Waals surface area contributed by atoms with Crippen molar-refractivity contribution in [3.05, 3.63) is 60.5 Å². The number of rotatable bonds is 5. The normalized spacial score (nSPS) is 22.9. The standard InChI is InChI=1S/C22H27N5O/c28-22-26-12-4-3-8-21(26)24-27(22)13-5-11-25-14-9-17(10-15-25)19-16-23-20-7-2-1-6-18(19)20/h1-4,6-8,12,16-17,22-23,28H,5,9-11,13-15H2. The Labute approximate surface area is 165 Å². The Kier molecular flexibility index (Phi) is 4.66. The number of aliphatic hydroxyl groups is 1. The van der Waals surface area contributed by atoms with Gasteiger partial charge >= 0.3 is 0 Å². The Morgan fingerprint density at radius 2 is 1.96 bits per heavy atom. The third-order valence-corrected chi connectivity index (χ3v) is 6.12. The van der Waals surface area contributed by atoms with Crippen LogP contribution in [0.2, 0.25) is 0 Å². The summed E-state index contributed by atoms with van der Waals surface area (Å²) in [4.78, 5) is 7.77. The average Bonchev–Trinajstić information content (AvgIpc) is 3.31. The summed E-state index contributed by atoms with van der Waals surface area (Å²) in [6, 6.07) is 8.60. The number of hydrogen-bond acceptors (Lipinski definition) is 5. The highest BCUT2D eigenvalue weighted by Crippen LogP contribution is 2.33. The number of para-hydroxylation sites is 1. The quantitative estimate of drug-likeness (QED) is 0.841. The third-order valence-electron chi connectivity index (χ3n) is 6.12. The number of aliphatic hydroxyl groups excluding tert-OH is 1. The molecule has 146 valence electrons. The van der Waals surface area contributed by atoms with Crippen molar-refractivity contribution in [2.45, 2.75) is 31.5 Å². The lowest BCUT2D eigenvalue weighted by Crippen LogP contribution is -2.40. The van der Waals surface area contributed by atoms with Crippen molar-refractivity contribution in [1.82, 2.24) is 19.8 Å². The second-order valence-corrected chi connectivity index (χ2v) is 7.83. The highest BCUT2D eigenvalue weighted by Gasteiger charge is 2.30. The lowest BCUT2D eigenvalue weighted by atomic mass is 9.89. The zero-order valence-electron chi connectivity index (χ0n) is 16.0. The predicted octanol–water partition coefficient (Wildman–Crippen LogP) is 3.03. The Morgan fingerprint density at radius 3 is 2.82 bits per heavy atom. The van der Waals surface area contributed by atoms with Gasteiger partial charge in [-0.25, -0.2) is 5.01 Å². The summed E-state index contributed by atoms with van der Waals surface area (Å²) < 4.78 is 0. The van der Waals surface area contributed by atoms with Crippen molar-refractivity contribution in [1.29, 1.82) is 0 Å². The molecule has 1 aromatic heterocycles. The summed E-state index contributed by atoms with van der Waals surface area (Å²) in [6.07, 6.45) is 12.6. The number of H-pyrrole nitrogens is 1. The summed E-state index contributed by atoms with van der Waals surface area (Å²) in [6.45, 7) is 4.10. The number of hydrazone groups is 1. The van der Waals surface area contributed by atoms with E-state index in [1.165, 1.54) is 29.3 Å². The fourth-order valence-corrected chi connectivity index (χ4v) is 4.57. The van der Waals surface area contributed by atoms with Crippen LogP contribution >= 0.6 is 0 Å². The van der Waals surface area contributed by atoms with E-state index in [1.807, 2.05) is 24.4 Å². The van der Waals surface area contributed by atoms with E-state index in [-0.39, 0.29) is 0 Å². The molecular weight excluding hydrogens is 350 g/mol. The fraction of sp³-hybridized carbons (Fsp3) is 0.409. The minimum absolute atomic E-state index is 0.647. The van der Waals surface area contributed by atoms with Gasteiger partial charge in [-0.3, -0.25) is 4.90 Å². The molecule has 0 spiro atoms. The Balaban J connectivity index is 1.11. The van der Waals surface area contributed by atoms with Crippen molar-refractivity contribution < 1.29 is 5.11 Å². The maximum atomic E-state index is 10.4. The molecule has 0 amide bonds. The van der Waals surface area contributed by atoms with Crippen LogP contribution < -0.4 is 0 Å². The van der Waals surface area contributed by atoms with E-state index < -0.39 is 6.35 Å². The Hall–Kier alpha value is -2.57. The van der Waals surface area contributed by atoms with E-state index in [9.17, 15) is 5.11 Å². The molecule has 0 radical (unpaired) electrons. The van der Waals surface area contributed by atoms with Gasteiger partial charge in [-0.2, -0.15) is 5.10 Å². The number of allylic oxidation sites excluding steroid dienone is 2. The number of nitrogens with one attached hydrogen (secondary N) is 1. The van der Waals surface area contributed by atoms with Gasteiger partial charge in [0, 0.05) is 29.8 Å². The van der Waals surface area contributed by atoms with Crippen LogP contribution in [0.15, 0.2) is 60.0 Å². The number of benzene rings is 1. The molecule has 1 fully saturated rings. The number of fused-ring (bicyclic) bond motifs is 2. The largest absolute Gasteiger partial charge is 0.361 e. The molecule has 3 aliphatic heterocycles. The molecule has 6 nitrogen and oxygen atoms in total. The van der Waals surface area contributed by atoms with Crippen molar-refractivity contribution in [2.75, 3.05) is 26.2 Å². The molecule has 1 aromatic carbocycles. The van der Waals surface area contributed by atoms with Crippen LogP contribution in [0.1, 0.15) is 30.7 Å². The predicted molar refractivity (Wildman–Crippen MR) is 112 cm³/mol. The van der Waals surface area contributed by atoms with Crippen LogP contribution in [-0.4, -0.2) is 63.3 Å². The molecule has 1 atom stereocenters. The number of amidine groups is 1. The maximum absolute atomic E-state index is 10.4. The van der Waals surface area contributed by atoms with Crippen LogP contribution in [0.5, 0.6) is 0 Å². The highest BCUT2D eigenvalue weighted by atomic mass is 16.3. The molecule has 3 aliphatic rings. The molecule has 0 aliphatic carbocycles. The topological polar surface area (TPSA) is 58.1 Å². The SMILES string of the molecule is OC1N(CCCN2CCC(c3c[nH]c4ccccc34)CC2)N=C2C=CC=CN21. The van der Waals surface area contributed by atoms with E-state index in [4.69, 9.17) is 0 Å². The molecule has 28 heavy (non-hydrogen) atoms. The summed E-state index contributed by atoms with van der Waals surface area (Å²) >= 11 is 0. The lowest BCUT2D eigenvalue weighted by molar-refractivity contribution is -0.0427. The van der Waals surface area contributed by atoms with E-state index >= 15 is 0 Å². The minimum Gasteiger partial charge on any atom is -0.361 e. The first-order valence-corrected chi connectivity index (χ1v) is 10.2. The number of aromatic amines is 1. The van der Waals surface area contributed by atoms with Gasteiger partial charge in [0.2, 0.25) is 6.35 Å². The van der Waals surface area contributed by atoms with Crippen molar-refractivity contribution in [3.8, 4) is 0 Å². The van der Waals surface area contributed by atoms with Crippen molar-refractivity contribution >= 4 is 16.7 Å². The second-order valence-electron chi connectivity index (χ2n) is 7.83. The van der Waals surface area contributed by atoms with Gasteiger partial charge in [-0.1, -0.05) is 24.3 Å². The molecule has 0 bridgehead atoms. The van der Waals surface area contributed by atoms with Gasteiger partial charge in [0.1, 0.15) is 0 Å². The monoisotopic (exact) mass is 377 g/mol. The lowest BCUT2D eigenvalue weighted by Gasteiger charge is -2.32. The van der Waals surface area contributed by atoms with Gasteiger partial charge in [0.05, 0.1) is 0 Å².